The van der Waals surface area contributed by atoms with Gasteiger partial charge in [-0.2, -0.15) is 5.10 Å². The first-order valence-corrected chi connectivity index (χ1v) is 12.9. The fraction of sp³-hybridized carbons (Fsp3) is 0.182. The van der Waals surface area contributed by atoms with Crippen molar-refractivity contribution >= 4 is 55.6 Å². The van der Waals surface area contributed by atoms with E-state index in [1.165, 1.54) is 18.2 Å². The molecule has 0 saturated carbocycles. The molecule has 0 unspecified atom stereocenters. The molecule has 2 heterocycles. The zero-order chi connectivity index (χ0) is 24.3. The molecular weight excluding hydrogens is 498 g/mol. The van der Waals surface area contributed by atoms with Gasteiger partial charge in [0.1, 0.15) is 9.96 Å². The number of nitrogens with one attached hydrogen (secondary N) is 3. The number of thiophene rings is 1. The number of carbonyl (C=O) groups is 1. The lowest BCUT2D eigenvalue weighted by molar-refractivity contribution is -0.120. The maximum atomic E-state index is 12.8. The summed E-state index contributed by atoms with van der Waals surface area (Å²) in [6.45, 7) is 0.938. The smallest absolute Gasteiger partial charge is 0.272 e. The van der Waals surface area contributed by atoms with Crippen LogP contribution in [-0.2, 0) is 27.9 Å². The van der Waals surface area contributed by atoms with E-state index in [-0.39, 0.29) is 28.2 Å². The van der Waals surface area contributed by atoms with E-state index in [2.05, 4.69) is 20.5 Å². The number of aromatic nitrogens is 2. The van der Waals surface area contributed by atoms with Gasteiger partial charge in [-0.3, -0.25) is 14.2 Å². The summed E-state index contributed by atoms with van der Waals surface area (Å²) in [7, 11) is -2.23. The van der Waals surface area contributed by atoms with E-state index >= 15 is 0 Å². The van der Waals surface area contributed by atoms with Crippen LogP contribution >= 0.6 is 22.9 Å². The Morgan fingerprint density at radius 1 is 1.15 bits per heavy atom. The molecule has 0 saturated heterocycles. The fourth-order valence-corrected chi connectivity index (χ4v) is 5.95. The number of hydrogen-bond donors (Lipinski definition) is 4. The Morgan fingerprint density at radius 2 is 1.91 bits per heavy atom. The molecule has 0 spiro atoms. The van der Waals surface area contributed by atoms with Gasteiger partial charge in [-0.15, -0.1) is 11.3 Å². The molecule has 0 fully saturated rings. The Hall–Kier alpha value is -3.12. The predicted octanol–water partition coefficient (Wildman–Crippen LogP) is 3.14. The first kappa shape index (κ1) is 24.0. The number of hydrogen-bond acceptors (Lipinski definition) is 7. The molecule has 12 heteroatoms. The van der Waals surface area contributed by atoms with E-state index in [9.17, 15) is 18.3 Å². The van der Waals surface area contributed by atoms with Gasteiger partial charge in [0, 0.05) is 6.54 Å². The highest BCUT2D eigenvalue weighted by Crippen LogP contribution is 2.34. The summed E-state index contributed by atoms with van der Waals surface area (Å²) < 4.78 is 30.1. The van der Waals surface area contributed by atoms with Gasteiger partial charge in [0.05, 0.1) is 28.3 Å². The average Bonchev–Trinajstić information content (AvgIpc) is 3.38. The Labute approximate surface area is 205 Å². The molecule has 0 atom stereocenters. The third-order valence-corrected chi connectivity index (χ3v) is 8.01. The summed E-state index contributed by atoms with van der Waals surface area (Å²) in [6.07, 6.45) is 0. The van der Waals surface area contributed by atoms with Crippen LogP contribution in [0.5, 0.6) is 5.75 Å². The normalized spacial score (nSPS) is 11.6. The quantitative estimate of drug-likeness (QED) is 0.269. The number of halogens is 1. The van der Waals surface area contributed by atoms with Crippen LogP contribution in [0.15, 0.2) is 58.8 Å². The van der Waals surface area contributed by atoms with E-state index < -0.39 is 10.0 Å². The number of amides is 1. The van der Waals surface area contributed by atoms with Crippen LogP contribution in [0.3, 0.4) is 0 Å². The van der Waals surface area contributed by atoms with Gasteiger partial charge < -0.3 is 15.7 Å². The van der Waals surface area contributed by atoms with Crippen LogP contribution in [0.4, 0.5) is 5.82 Å². The largest absolute Gasteiger partial charge is 0.507 e. The Kier molecular flexibility index (Phi) is 7.08. The minimum Gasteiger partial charge on any atom is -0.507 e. The van der Waals surface area contributed by atoms with E-state index in [0.29, 0.717) is 28.3 Å². The molecule has 4 N–H and O–H groups in total. The maximum absolute atomic E-state index is 12.8. The molecule has 178 valence electrons. The SMILES string of the molecule is CNCC(=O)NCc1cccc(Cn2nc(NS(=O)(=O)c3ccc(Cl)s3)c3c(O)cccc32)c1. The van der Waals surface area contributed by atoms with Crippen LogP contribution in [-0.4, -0.2) is 42.8 Å². The standard InChI is InChI=1S/C22H22ClN5O4S2/c1-24-12-19(30)25-11-14-4-2-5-15(10-14)13-28-16-6-3-7-17(29)21(16)22(26-28)27-34(31,32)20-9-8-18(23)33-20/h2-10,24,29H,11-13H2,1H3,(H,25,30)(H,26,27). The third-order valence-electron chi connectivity index (χ3n) is 4.95. The van der Waals surface area contributed by atoms with Crippen molar-refractivity contribution in [3.8, 4) is 5.75 Å². The van der Waals surface area contributed by atoms with Crippen molar-refractivity contribution in [2.75, 3.05) is 18.3 Å². The number of carbonyl (C=O) groups excluding carboxylic acids is 1. The number of rotatable bonds is 9. The number of phenolic OH excluding ortho intramolecular Hbond substituents is 1. The highest BCUT2D eigenvalue weighted by molar-refractivity contribution is 7.94. The Morgan fingerprint density at radius 3 is 2.65 bits per heavy atom. The van der Waals surface area contributed by atoms with Crippen molar-refractivity contribution in [1.82, 2.24) is 20.4 Å². The number of fused-ring (bicyclic) bond motifs is 1. The predicted molar refractivity (Wildman–Crippen MR) is 133 cm³/mol. The molecule has 0 radical (unpaired) electrons. The molecule has 0 aliphatic carbocycles. The maximum Gasteiger partial charge on any atom is 0.272 e. The highest BCUT2D eigenvalue weighted by Gasteiger charge is 2.22. The zero-order valence-electron chi connectivity index (χ0n) is 18.1. The number of anilines is 1. The third kappa shape index (κ3) is 5.33. The molecule has 9 nitrogen and oxygen atoms in total. The monoisotopic (exact) mass is 519 g/mol. The molecule has 34 heavy (non-hydrogen) atoms. The molecule has 2 aromatic carbocycles. The summed E-state index contributed by atoms with van der Waals surface area (Å²) in [4.78, 5) is 11.7. The van der Waals surface area contributed by atoms with Gasteiger partial charge in [-0.25, -0.2) is 8.42 Å². The zero-order valence-corrected chi connectivity index (χ0v) is 20.5. The summed E-state index contributed by atoms with van der Waals surface area (Å²) >= 11 is 6.82. The van der Waals surface area contributed by atoms with Gasteiger partial charge >= 0.3 is 0 Å². The number of nitrogens with zero attached hydrogens (tertiary/aromatic N) is 2. The van der Waals surface area contributed by atoms with Crippen molar-refractivity contribution in [3.05, 3.63) is 70.1 Å². The second-order valence-corrected chi connectivity index (χ2v) is 11.1. The summed E-state index contributed by atoms with van der Waals surface area (Å²) in [5.41, 5.74) is 2.37. The number of aromatic hydroxyl groups is 1. The van der Waals surface area contributed by atoms with Crippen LogP contribution in [0, 0.1) is 0 Å². The van der Waals surface area contributed by atoms with E-state index in [4.69, 9.17) is 11.6 Å². The van der Waals surface area contributed by atoms with Crippen LogP contribution in [0.25, 0.3) is 10.9 Å². The van der Waals surface area contributed by atoms with Gasteiger partial charge in [0.25, 0.3) is 10.0 Å². The summed E-state index contributed by atoms with van der Waals surface area (Å²) in [5, 5.41) is 20.8. The van der Waals surface area contributed by atoms with Crippen molar-refractivity contribution < 1.29 is 18.3 Å². The number of likely N-dealkylation sites (N-methyl/N-ethyl adjacent to an activating group) is 1. The topological polar surface area (TPSA) is 125 Å². The molecule has 4 aromatic rings. The van der Waals surface area contributed by atoms with Gasteiger partial charge in [0.2, 0.25) is 5.91 Å². The van der Waals surface area contributed by atoms with Crippen molar-refractivity contribution in [2.45, 2.75) is 17.3 Å². The van der Waals surface area contributed by atoms with Crippen molar-refractivity contribution in [1.29, 1.82) is 0 Å². The summed E-state index contributed by atoms with van der Waals surface area (Å²) in [6, 6.07) is 15.4. The number of sulfonamides is 1. The molecule has 0 bridgehead atoms. The minimum atomic E-state index is -3.94. The number of phenols is 1. The van der Waals surface area contributed by atoms with Gasteiger partial charge in [-0.05, 0) is 42.4 Å². The lowest BCUT2D eigenvalue weighted by Crippen LogP contribution is -2.31. The van der Waals surface area contributed by atoms with Crippen molar-refractivity contribution in [3.63, 3.8) is 0 Å². The first-order chi connectivity index (χ1) is 16.3. The molecule has 0 aliphatic heterocycles. The van der Waals surface area contributed by atoms with Crippen molar-refractivity contribution in [2.24, 2.45) is 0 Å². The minimum absolute atomic E-state index is 0.0214. The average molecular weight is 520 g/mol. The Balaban J connectivity index is 1.63. The molecular formula is C22H22ClN5O4S2. The fourth-order valence-electron chi connectivity index (χ4n) is 3.46. The molecule has 2 aromatic heterocycles. The van der Waals surface area contributed by atoms with Crippen LogP contribution in [0.1, 0.15) is 11.1 Å². The van der Waals surface area contributed by atoms with Gasteiger partial charge in [-0.1, -0.05) is 41.9 Å². The highest BCUT2D eigenvalue weighted by atomic mass is 35.5. The number of benzene rings is 2. The first-order valence-electron chi connectivity index (χ1n) is 10.2. The van der Waals surface area contributed by atoms with Crippen LogP contribution < -0.4 is 15.4 Å². The summed E-state index contributed by atoms with van der Waals surface area (Å²) in [5.74, 6) is -0.176. The molecule has 4 rings (SSSR count). The van der Waals surface area contributed by atoms with Gasteiger partial charge in [0.15, 0.2) is 5.82 Å². The lowest BCUT2D eigenvalue weighted by atomic mass is 10.1. The Bertz CT molecular complexity index is 1450. The molecule has 1 amide bonds. The lowest BCUT2D eigenvalue weighted by Gasteiger charge is -2.08. The van der Waals surface area contributed by atoms with E-state index in [0.717, 1.165) is 22.5 Å². The second kappa shape index (κ2) is 10.0. The van der Waals surface area contributed by atoms with Crippen LogP contribution in [0.2, 0.25) is 4.34 Å². The van der Waals surface area contributed by atoms with E-state index in [1.807, 2.05) is 24.3 Å². The van der Waals surface area contributed by atoms with E-state index in [1.54, 1.807) is 23.9 Å². The molecule has 0 aliphatic rings. The second-order valence-electron chi connectivity index (χ2n) is 7.47.